The molecule has 28 heavy (non-hydrogen) atoms. The van der Waals surface area contributed by atoms with Crippen molar-refractivity contribution in [3.05, 3.63) is 47.5 Å². The quantitative estimate of drug-likeness (QED) is 0.306. The Labute approximate surface area is 159 Å². The highest BCUT2D eigenvalue weighted by atomic mass is 16.3. The van der Waals surface area contributed by atoms with Crippen LogP contribution in [0.3, 0.4) is 0 Å². The molecule has 0 aliphatic carbocycles. The first kappa shape index (κ1) is 20.2. The molecule has 0 heterocycles. The summed E-state index contributed by atoms with van der Waals surface area (Å²) in [5, 5.41) is 44.8. The predicted molar refractivity (Wildman–Crippen MR) is 100 cm³/mol. The fraction of sp³-hybridized carbons (Fsp3) is 0.111. The van der Waals surface area contributed by atoms with E-state index >= 15 is 0 Å². The van der Waals surface area contributed by atoms with Crippen LogP contribution in [0.1, 0.15) is 24.0 Å². The normalized spacial score (nSPS) is 11.0. The molecule has 0 atom stereocenters. The largest absolute Gasteiger partial charge is 0.508 e. The van der Waals surface area contributed by atoms with Gasteiger partial charge in [0.15, 0.2) is 0 Å². The molecule has 6 N–H and O–H groups in total. The molecular formula is C18H18N4O6. The summed E-state index contributed by atoms with van der Waals surface area (Å²) in [4.78, 5) is 23.3. The Morgan fingerprint density at radius 2 is 1.14 bits per heavy atom. The van der Waals surface area contributed by atoms with Gasteiger partial charge in [-0.25, -0.2) is 10.9 Å². The summed E-state index contributed by atoms with van der Waals surface area (Å²) in [6, 6.07) is 7.80. The van der Waals surface area contributed by atoms with Crippen molar-refractivity contribution in [1.29, 1.82) is 0 Å². The summed E-state index contributed by atoms with van der Waals surface area (Å²) in [5.41, 5.74) is 5.00. The first-order valence-corrected chi connectivity index (χ1v) is 8.03. The van der Waals surface area contributed by atoms with Crippen LogP contribution in [0.15, 0.2) is 46.6 Å². The summed E-state index contributed by atoms with van der Waals surface area (Å²) in [7, 11) is 0. The van der Waals surface area contributed by atoms with Crippen molar-refractivity contribution >= 4 is 24.2 Å². The van der Waals surface area contributed by atoms with Crippen LogP contribution in [0.2, 0.25) is 0 Å². The lowest BCUT2D eigenvalue weighted by molar-refractivity contribution is -0.126. The average Bonchev–Trinajstić information content (AvgIpc) is 2.63. The van der Waals surface area contributed by atoms with Crippen LogP contribution < -0.4 is 10.9 Å². The third kappa shape index (κ3) is 6.33. The van der Waals surface area contributed by atoms with E-state index in [1.165, 1.54) is 36.7 Å². The lowest BCUT2D eigenvalue weighted by Gasteiger charge is -2.02. The second kappa shape index (κ2) is 9.57. The van der Waals surface area contributed by atoms with Crippen LogP contribution in [0.25, 0.3) is 0 Å². The molecule has 0 unspecified atom stereocenters. The van der Waals surface area contributed by atoms with Crippen LogP contribution in [0.5, 0.6) is 23.0 Å². The highest BCUT2D eigenvalue weighted by Crippen LogP contribution is 2.21. The Morgan fingerprint density at radius 1 is 0.750 bits per heavy atom. The maximum atomic E-state index is 11.6. The monoisotopic (exact) mass is 386 g/mol. The third-order valence-corrected chi connectivity index (χ3v) is 3.39. The van der Waals surface area contributed by atoms with Gasteiger partial charge in [0.1, 0.15) is 23.0 Å². The molecule has 0 aliphatic rings. The van der Waals surface area contributed by atoms with Crippen LogP contribution in [-0.4, -0.2) is 44.7 Å². The number of carbonyl (C=O) groups is 2. The fourth-order valence-electron chi connectivity index (χ4n) is 1.97. The number of nitrogens with zero attached hydrogens (tertiary/aromatic N) is 2. The Morgan fingerprint density at radius 3 is 1.50 bits per heavy atom. The van der Waals surface area contributed by atoms with Crippen molar-refractivity contribution in [2.24, 2.45) is 10.2 Å². The molecule has 0 saturated heterocycles. The molecule has 0 spiro atoms. The van der Waals surface area contributed by atoms with Crippen molar-refractivity contribution in [2.45, 2.75) is 12.8 Å². The maximum Gasteiger partial charge on any atom is 0.240 e. The predicted octanol–water partition coefficient (Wildman–Crippen LogP) is 0.890. The van der Waals surface area contributed by atoms with E-state index in [1.807, 2.05) is 0 Å². The van der Waals surface area contributed by atoms with Gasteiger partial charge in [-0.05, 0) is 24.3 Å². The van der Waals surface area contributed by atoms with Crippen molar-refractivity contribution in [3.63, 3.8) is 0 Å². The van der Waals surface area contributed by atoms with Gasteiger partial charge in [0, 0.05) is 36.1 Å². The number of hydrazone groups is 2. The Kier molecular flexibility index (Phi) is 6.92. The van der Waals surface area contributed by atoms with Gasteiger partial charge in [0.05, 0.1) is 12.4 Å². The molecule has 2 amide bonds. The summed E-state index contributed by atoms with van der Waals surface area (Å²) in [6.45, 7) is 0. The first-order valence-electron chi connectivity index (χ1n) is 8.03. The summed E-state index contributed by atoms with van der Waals surface area (Å²) < 4.78 is 0. The molecule has 10 heteroatoms. The van der Waals surface area contributed by atoms with E-state index < -0.39 is 11.8 Å². The molecule has 0 aliphatic heterocycles. The molecule has 2 aromatic carbocycles. The molecule has 0 fully saturated rings. The number of phenols is 4. The highest BCUT2D eigenvalue weighted by molar-refractivity contribution is 5.88. The van der Waals surface area contributed by atoms with Gasteiger partial charge in [0.25, 0.3) is 0 Å². The van der Waals surface area contributed by atoms with E-state index in [0.717, 1.165) is 12.1 Å². The lowest BCUT2D eigenvalue weighted by Crippen LogP contribution is -2.22. The van der Waals surface area contributed by atoms with Crippen molar-refractivity contribution in [2.75, 3.05) is 0 Å². The molecule has 0 radical (unpaired) electrons. The van der Waals surface area contributed by atoms with E-state index in [9.17, 15) is 30.0 Å². The zero-order chi connectivity index (χ0) is 20.5. The zero-order valence-electron chi connectivity index (χ0n) is 14.5. The average molecular weight is 386 g/mol. The summed E-state index contributed by atoms with van der Waals surface area (Å²) in [6.07, 6.45) is 2.10. The zero-order valence-corrected chi connectivity index (χ0v) is 14.5. The van der Waals surface area contributed by atoms with Gasteiger partial charge >= 0.3 is 0 Å². The van der Waals surface area contributed by atoms with E-state index in [1.54, 1.807) is 0 Å². The molecule has 146 valence electrons. The van der Waals surface area contributed by atoms with E-state index in [-0.39, 0.29) is 35.8 Å². The smallest absolute Gasteiger partial charge is 0.240 e. The van der Waals surface area contributed by atoms with Gasteiger partial charge < -0.3 is 20.4 Å². The SMILES string of the molecule is O=C(CCC(=O)N/N=C/c1ccc(O)cc1O)N/N=C\c1ccc(O)cc1O. The molecule has 0 aromatic heterocycles. The van der Waals surface area contributed by atoms with Crippen LogP contribution >= 0.6 is 0 Å². The first-order chi connectivity index (χ1) is 13.3. The molecular weight excluding hydrogens is 368 g/mol. The summed E-state index contributed by atoms with van der Waals surface area (Å²) in [5.74, 6) is -1.65. The topological polar surface area (TPSA) is 164 Å². The van der Waals surface area contributed by atoms with Gasteiger partial charge in [-0.15, -0.1) is 0 Å². The fourth-order valence-corrected chi connectivity index (χ4v) is 1.97. The van der Waals surface area contributed by atoms with Gasteiger partial charge in [-0.3, -0.25) is 9.59 Å². The van der Waals surface area contributed by atoms with Crippen LogP contribution in [0.4, 0.5) is 0 Å². The number of aromatic hydroxyl groups is 4. The van der Waals surface area contributed by atoms with Gasteiger partial charge in [0.2, 0.25) is 11.8 Å². The van der Waals surface area contributed by atoms with Crippen molar-refractivity contribution in [3.8, 4) is 23.0 Å². The lowest BCUT2D eigenvalue weighted by atomic mass is 10.2. The minimum Gasteiger partial charge on any atom is -0.508 e. The van der Waals surface area contributed by atoms with E-state index in [0.29, 0.717) is 11.1 Å². The number of rotatable bonds is 7. The Bertz CT molecular complexity index is 851. The van der Waals surface area contributed by atoms with E-state index in [4.69, 9.17) is 0 Å². The van der Waals surface area contributed by atoms with Gasteiger partial charge in [-0.1, -0.05) is 0 Å². The standard InChI is InChI=1S/C18H18N4O6/c23-13-3-1-11(15(25)7-13)9-19-21-17(27)5-6-18(28)22-20-10-12-2-4-14(24)8-16(12)26/h1-4,7-10,23-26H,5-6H2,(H,21,27)(H,22,28)/b19-9-,20-10+. The molecule has 0 bridgehead atoms. The third-order valence-electron chi connectivity index (χ3n) is 3.39. The molecule has 2 rings (SSSR count). The molecule has 0 saturated carbocycles. The maximum absolute atomic E-state index is 11.6. The minimum absolute atomic E-state index is 0.104. The molecule has 2 aromatic rings. The molecule has 10 nitrogen and oxygen atoms in total. The van der Waals surface area contributed by atoms with Crippen molar-refractivity contribution < 1.29 is 30.0 Å². The number of carbonyl (C=O) groups excluding carboxylic acids is 2. The number of nitrogens with one attached hydrogen (secondary N) is 2. The number of benzene rings is 2. The van der Waals surface area contributed by atoms with E-state index in [2.05, 4.69) is 21.1 Å². The van der Waals surface area contributed by atoms with Crippen LogP contribution in [-0.2, 0) is 9.59 Å². The second-order valence-corrected chi connectivity index (χ2v) is 5.57. The number of hydrogen-bond donors (Lipinski definition) is 6. The number of hydrogen-bond acceptors (Lipinski definition) is 8. The Balaban J connectivity index is 1.73. The highest BCUT2D eigenvalue weighted by Gasteiger charge is 2.06. The van der Waals surface area contributed by atoms with Crippen molar-refractivity contribution in [1.82, 2.24) is 10.9 Å². The van der Waals surface area contributed by atoms with Crippen LogP contribution in [0, 0.1) is 0 Å². The number of amides is 2. The summed E-state index contributed by atoms with van der Waals surface area (Å²) >= 11 is 0. The van der Waals surface area contributed by atoms with Gasteiger partial charge in [-0.2, -0.15) is 10.2 Å². The second-order valence-electron chi connectivity index (χ2n) is 5.57. The Hall–Kier alpha value is -4.08. The number of phenolic OH excluding ortho intramolecular Hbond substituents is 4. The minimum atomic E-state index is -0.523.